The Morgan fingerprint density at radius 3 is 2.68 bits per heavy atom. The molecule has 28 heavy (non-hydrogen) atoms. The van der Waals surface area contributed by atoms with Crippen molar-refractivity contribution < 1.29 is 19.1 Å². The number of hydrogen-bond acceptors (Lipinski definition) is 4. The SMILES string of the molecule is Cc1cc(Cl)ccc1NC(=O)C1=C(O)C2CS[C@@H](c3ccc(F)cc3)N2C1=O. The van der Waals surface area contributed by atoms with Crippen LogP contribution in [0.1, 0.15) is 16.5 Å². The minimum Gasteiger partial charge on any atom is -0.509 e. The molecule has 2 amide bonds. The number of rotatable bonds is 3. The Balaban J connectivity index is 1.59. The minimum atomic E-state index is -0.662. The summed E-state index contributed by atoms with van der Waals surface area (Å²) in [6.07, 6.45) is 0. The topological polar surface area (TPSA) is 69.6 Å². The zero-order chi connectivity index (χ0) is 20.0. The van der Waals surface area contributed by atoms with E-state index in [1.165, 1.54) is 28.8 Å². The third-order valence-electron chi connectivity index (χ3n) is 4.84. The Hall–Kier alpha value is -2.51. The van der Waals surface area contributed by atoms with Gasteiger partial charge in [0.2, 0.25) is 0 Å². The van der Waals surface area contributed by atoms with Crippen LogP contribution in [0.2, 0.25) is 5.02 Å². The molecule has 5 nitrogen and oxygen atoms in total. The Bertz CT molecular complexity index is 1010. The van der Waals surface area contributed by atoms with Crippen LogP contribution in [0.4, 0.5) is 10.1 Å². The summed E-state index contributed by atoms with van der Waals surface area (Å²) in [6, 6.07) is 10.3. The number of fused-ring (bicyclic) bond motifs is 1. The number of amides is 2. The number of thioether (sulfide) groups is 1. The van der Waals surface area contributed by atoms with Gasteiger partial charge in [0.05, 0.1) is 0 Å². The van der Waals surface area contributed by atoms with Crippen molar-refractivity contribution in [2.45, 2.75) is 18.3 Å². The Morgan fingerprint density at radius 1 is 1.29 bits per heavy atom. The number of carbonyl (C=O) groups excluding carboxylic acids is 2. The number of aryl methyl sites for hydroxylation is 1. The molecule has 2 atom stereocenters. The molecule has 0 saturated carbocycles. The molecule has 2 aromatic carbocycles. The highest BCUT2D eigenvalue weighted by Gasteiger charge is 2.50. The molecule has 1 saturated heterocycles. The monoisotopic (exact) mass is 418 g/mol. The van der Waals surface area contributed by atoms with Gasteiger partial charge < -0.3 is 15.3 Å². The van der Waals surface area contributed by atoms with Gasteiger partial charge in [-0.05, 0) is 48.4 Å². The quantitative estimate of drug-likeness (QED) is 0.733. The lowest BCUT2D eigenvalue weighted by atomic mass is 10.1. The van der Waals surface area contributed by atoms with Crippen LogP contribution < -0.4 is 5.32 Å². The molecule has 1 fully saturated rings. The largest absolute Gasteiger partial charge is 0.509 e. The average molecular weight is 419 g/mol. The smallest absolute Gasteiger partial charge is 0.264 e. The standard InChI is InChI=1S/C20H16ClFN2O3S/c1-10-8-12(21)4-7-14(10)23-18(26)16-17(25)15-9-28-20(24(15)19(16)27)11-2-5-13(22)6-3-11/h2-8,15,20,25H,9H2,1H3,(H,23,26)/t15?,20-/m0/s1. The van der Waals surface area contributed by atoms with Gasteiger partial charge in [0.25, 0.3) is 11.8 Å². The van der Waals surface area contributed by atoms with Crippen LogP contribution >= 0.6 is 23.4 Å². The predicted octanol–water partition coefficient (Wildman–Crippen LogP) is 4.19. The third kappa shape index (κ3) is 3.14. The summed E-state index contributed by atoms with van der Waals surface area (Å²) in [5.74, 6) is -1.34. The summed E-state index contributed by atoms with van der Waals surface area (Å²) in [7, 11) is 0. The Labute approximate surface area is 170 Å². The molecule has 4 rings (SSSR count). The van der Waals surface area contributed by atoms with E-state index in [9.17, 15) is 19.1 Å². The lowest BCUT2D eigenvalue weighted by Crippen LogP contribution is -2.34. The van der Waals surface area contributed by atoms with Gasteiger partial charge in [0.1, 0.15) is 28.6 Å². The molecule has 0 spiro atoms. The zero-order valence-electron chi connectivity index (χ0n) is 14.8. The molecule has 2 aliphatic heterocycles. The first-order valence-corrected chi connectivity index (χ1v) is 10.00. The molecule has 2 aliphatic rings. The maximum atomic E-state index is 13.2. The first-order chi connectivity index (χ1) is 13.4. The van der Waals surface area contributed by atoms with Gasteiger partial charge in [0.15, 0.2) is 0 Å². The van der Waals surface area contributed by atoms with Crippen LogP contribution in [0.3, 0.4) is 0 Å². The Kier molecular flexibility index (Phi) is 4.81. The second kappa shape index (κ2) is 7.14. The van der Waals surface area contributed by atoms with E-state index in [0.29, 0.717) is 16.5 Å². The number of nitrogens with zero attached hydrogens (tertiary/aromatic N) is 1. The second-order valence-electron chi connectivity index (χ2n) is 6.64. The van der Waals surface area contributed by atoms with Crippen molar-refractivity contribution in [2.75, 3.05) is 11.1 Å². The maximum Gasteiger partial charge on any atom is 0.264 e. The molecule has 0 radical (unpaired) electrons. The summed E-state index contributed by atoms with van der Waals surface area (Å²) in [5.41, 5.74) is 1.74. The van der Waals surface area contributed by atoms with E-state index in [4.69, 9.17) is 11.6 Å². The lowest BCUT2D eigenvalue weighted by molar-refractivity contribution is -0.128. The van der Waals surface area contributed by atoms with Gasteiger partial charge in [0, 0.05) is 16.5 Å². The van der Waals surface area contributed by atoms with Gasteiger partial charge in [-0.1, -0.05) is 23.7 Å². The highest BCUT2D eigenvalue weighted by atomic mass is 35.5. The van der Waals surface area contributed by atoms with E-state index in [2.05, 4.69) is 5.32 Å². The number of nitrogens with one attached hydrogen (secondary N) is 1. The highest BCUT2D eigenvalue weighted by Crippen LogP contribution is 2.47. The number of halogens is 2. The van der Waals surface area contributed by atoms with Crippen LogP contribution in [0.25, 0.3) is 0 Å². The van der Waals surface area contributed by atoms with Crippen molar-refractivity contribution in [3.8, 4) is 0 Å². The van der Waals surface area contributed by atoms with Gasteiger partial charge in [-0.15, -0.1) is 11.8 Å². The van der Waals surface area contributed by atoms with Gasteiger partial charge in [-0.25, -0.2) is 4.39 Å². The molecule has 2 heterocycles. The fourth-order valence-corrected chi connectivity index (χ4v) is 5.08. The molecule has 1 unspecified atom stereocenters. The number of benzene rings is 2. The molecule has 0 bridgehead atoms. The van der Waals surface area contributed by atoms with Crippen molar-refractivity contribution in [3.63, 3.8) is 0 Å². The number of anilines is 1. The lowest BCUT2D eigenvalue weighted by Gasteiger charge is -2.23. The van der Waals surface area contributed by atoms with E-state index in [1.807, 2.05) is 0 Å². The van der Waals surface area contributed by atoms with E-state index in [1.54, 1.807) is 37.3 Å². The molecular formula is C20H16ClFN2O3S. The van der Waals surface area contributed by atoms with Gasteiger partial charge in [-0.2, -0.15) is 0 Å². The first-order valence-electron chi connectivity index (χ1n) is 8.57. The van der Waals surface area contributed by atoms with E-state index < -0.39 is 17.9 Å². The summed E-state index contributed by atoms with van der Waals surface area (Å²) < 4.78 is 13.2. The number of carbonyl (C=O) groups is 2. The molecule has 144 valence electrons. The number of hydrogen-bond donors (Lipinski definition) is 2. The molecule has 2 aromatic rings. The van der Waals surface area contributed by atoms with Crippen molar-refractivity contribution in [2.24, 2.45) is 0 Å². The van der Waals surface area contributed by atoms with E-state index in [0.717, 1.165) is 11.1 Å². The summed E-state index contributed by atoms with van der Waals surface area (Å²) in [5, 5.41) is 13.4. The van der Waals surface area contributed by atoms with Crippen molar-refractivity contribution in [1.82, 2.24) is 4.90 Å². The van der Waals surface area contributed by atoms with E-state index in [-0.39, 0.29) is 22.5 Å². The van der Waals surface area contributed by atoms with Crippen LogP contribution in [0.5, 0.6) is 0 Å². The molecule has 0 aliphatic carbocycles. The summed E-state index contributed by atoms with van der Waals surface area (Å²) >= 11 is 7.39. The van der Waals surface area contributed by atoms with Gasteiger partial charge >= 0.3 is 0 Å². The summed E-state index contributed by atoms with van der Waals surface area (Å²) in [6.45, 7) is 1.78. The normalized spacial score (nSPS) is 21.2. The fourth-order valence-electron chi connectivity index (χ4n) is 3.42. The average Bonchev–Trinajstić information content (AvgIpc) is 3.19. The predicted molar refractivity (Wildman–Crippen MR) is 107 cm³/mol. The van der Waals surface area contributed by atoms with Crippen LogP contribution in [0.15, 0.2) is 53.8 Å². The highest BCUT2D eigenvalue weighted by molar-refractivity contribution is 7.99. The van der Waals surface area contributed by atoms with Crippen LogP contribution in [-0.4, -0.2) is 33.6 Å². The Morgan fingerprint density at radius 2 is 2.00 bits per heavy atom. The number of aliphatic hydroxyl groups excluding tert-OH is 1. The second-order valence-corrected chi connectivity index (χ2v) is 8.19. The molecule has 2 N–H and O–H groups in total. The van der Waals surface area contributed by atoms with Crippen molar-refractivity contribution >= 4 is 40.9 Å². The molecular weight excluding hydrogens is 403 g/mol. The van der Waals surface area contributed by atoms with Crippen LogP contribution in [0, 0.1) is 12.7 Å². The molecule has 8 heteroatoms. The van der Waals surface area contributed by atoms with E-state index >= 15 is 0 Å². The fraction of sp³-hybridized carbons (Fsp3) is 0.200. The molecule has 0 aromatic heterocycles. The van der Waals surface area contributed by atoms with Crippen LogP contribution in [-0.2, 0) is 9.59 Å². The first kappa shape index (κ1) is 18.8. The summed E-state index contributed by atoms with van der Waals surface area (Å²) in [4.78, 5) is 27.2. The minimum absolute atomic E-state index is 0.230. The third-order valence-corrected chi connectivity index (χ3v) is 6.40. The van der Waals surface area contributed by atoms with Crippen molar-refractivity contribution in [1.29, 1.82) is 0 Å². The van der Waals surface area contributed by atoms with Crippen molar-refractivity contribution in [3.05, 3.63) is 75.8 Å². The zero-order valence-corrected chi connectivity index (χ0v) is 16.4. The number of aliphatic hydroxyl groups is 1. The maximum absolute atomic E-state index is 13.2. The van der Waals surface area contributed by atoms with Gasteiger partial charge in [-0.3, -0.25) is 9.59 Å².